The summed E-state index contributed by atoms with van der Waals surface area (Å²) < 4.78 is 5.45. The van der Waals surface area contributed by atoms with Crippen LogP contribution >= 0.6 is 0 Å². The van der Waals surface area contributed by atoms with E-state index < -0.39 is 0 Å². The maximum atomic E-state index is 5.45. The summed E-state index contributed by atoms with van der Waals surface area (Å²) in [5.41, 5.74) is 0.874. The predicted molar refractivity (Wildman–Crippen MR) is 50.8 cm³/mol. The first-order chi connectivity index (χ1) is 6.92. The van der Waals surface area contributed by atoms with Crippen LogP contribution in [0.3, 0.4) is 0 Å². The van der Waals surface area contributed by atoms with Crippen molar-refractivity contribution in [2.45, 2.75) is 6.92 Å². The molecule has 1 aromatic heterocycles. The quantitative estimate of drug-likeness (QED) is 0.791. The highest BCUT2D eigenvalue weighted by molar-refractivity contribution is 5.63. The zero-order valence-electron chi connectivity index (χ0n) is 7.77. The summed E-state index contributed by atoms with van der Waals surface area (Å²) in [5.74, 6) is 1.41. The number of aromatic nitrogens is 4. The maximum Gasteiger partial charge on any atom is 0.183 e. The van der Waals surface area contributed by atoms with Crippen LogP contribution in [-0.2, 0) is 0 Å². The Labute approximate surface area is 81.1 Å². The number of nitrogens with zero attached hydrogens (tertiary/aromatic N) is 3. The summed E-state index contributed by atoms with van der Waals surface area (Å²) >= 11 is 0. The van der Waals surface area contributed by atoms with E-state index in [0.29, 0.717) is 12.4 Å². The van der Waals surface area contributed by atoms with Crippen LogP contribution in [0, 0.1) is 0 Å². The highest BCUT2D eigenvalue weighted by atomic mass is 16.5. The molecule has 2 rings (SSSR count). The molecule has 14 heavy (non-hydrogen) atoms. The highest BCUT2D eigenvalue weighted by Gasteiger charge is 2.07. The second-order valence-electron chi connectivity index (χ2n) is 2.68. The molecule has 0 aliphatic heterocycles. The minimum absolute atomic E-state index is 0.619. The van der Waals surface area contributed by atoms with Crippen LogP contribution in [0.5, 0.6) is 5.75 Å². The third-order valence-corrected chi connectivity index (χ3v) is 1.79. The fourth-order valence-corrected chi connectivity index (χ4v) is 1.22. The SMILES string of the molecule is CCOc1ccccc1-c1nnn[nH]1. The maximum absolute atomic E-state index is 5.45. The van der Waals surface area contributed by atoms with Crippen LogP contribution in [0.15, 0.2) is 24.3 Å². The molecule has 0 atom stereocenters. The Balaban J connectivity index is 2.42. The van der Waals surface area contributed by atoms with Crippen molar-refractivity contribution in [3.8, 4) is 17.1 Å². The normalized spacial score (nSPS) is 10.1. The van der Waals surface area contributed by atoms with Gasteiger partial charge in [0.05, 0.1) is 12.2 Å². The third kappa shape index (κ3) is 1.56. The van der Waals surface area contributed by atoms with Gasteiger partial charge in [-0.25, -0.2) is 5.10 Å². The second kappa shape index (κ2) is 3.87. The molecule has 0 unspecified atom stereocenters. The van der Waals surface area contributed by atoms with Crippen molar-refractivity contribution in [1.29, 1.82) is 0 Å². The van der Waals surface area contributed by atoms with Crippen molar-refractivity contribution >= 4 is 0 Å². The van der Waals surface area contributed by atoms with E-state index in [1.165, 1.54) is 0 Å². The van der Waals surface area contributed by atoms with E-state index in [1.54, 1.807) is 0 Å². The third-order valence-electron chi connectivity index (χ3n) is 1.79. The Hall–Kier alpha value is -1.91. The van der Waals surface area contributed by atoms with Crippen LogP contribution in [0.25, 0.3) is 11.4 Å². The number of benzene rings is 1. The van der Waals surface area contributed by atoms with Gasteiger partial charge in [-0.3, -0.25) is 0 Å². The van der Waals surface area contributed by atoms with Gasteiger partial charge in [0.15, 0.2) is 5.82 Å². The first kappa shape index (κ1) is 8.68. The molecular weight excluding hydrogens is 180 g/mol. The number of rotatable bonds is 3. The number of H-pyrrole nitrogens is 1. The van der Waals surface area contributed by atoms with Crippen LogP contribution in [0.2, 0.25) is 0 Å². The molecule has 2 aromatic rings. The molecule has 5 nitrogen and oxygen atoms in total. The van der Waals surface area contributed by atoms with Gasteiger partial charge in [0.2, 0.25) is 0 Å². The lowest BCUT2D eigenvalue weighted by molar-refractivity contribution is 0.341. The molecule has 0 aliphatic rings. The largest absolute Gasteiger partial charge is 0.493 e. The average molecular weight is 190 g/mol. The number of aromatic amines is 1. The smallest absolute Gasteiger partial charge is 0.183 e. The fourth-order valence-electron chi connectivity index (χ4n) is 1.22. The Bertz CT molecular complexity index is 399. The summed E-state index contributed by atoms with van der Waals surface area (Å²) in [4.78, 5) is 0. The number of tetrazole rings is 1. The van der Waals surface area contributed by atoms with Gasteiger partial charge in [0.1, 0.15) is 5.75 Å². The Morgan fingerprint density at radius 3 is 2.93 bits per heavy atom. The van der Waals surface area contributed by atoms with Gasteiger partial charge in [0, 0.05) is 0 Å². The average Bonchev–Trinajstić information content (AvgIpc) is 2.72. The molecule has 0 fully saturated rings. The highest BCUT2D eigenvalue weighted by Crippen LogP contribution is 2.25. The summed E-state index contributed by atoms with van der Waals surface area (Å²) in [6, 6.07) is 7.63. The van der Waals surface area contributed by atoms with Crippen LogP contribution in [0.4, 0.5) is 0 Å². The monoisotopic (exact) mass is 190 g/mol. The molecule has 5 heteroatoms. The van der Waals surface area contributed by atoms with Crippen LogP contribution < -0.4 is 4.74 Å². The first-order valence-corrected chi connectivity index (χ1v) is 4.37. The molecule has 0 spiro atoms. The molecule has 1 aromatic carbocycles. The van der Waals surface area contributed by atoms with Gasteiger partial charge in [-0.1, -0.05) is 12.1 Å². The Kier molecular flexibility index (Phi) is 2.40. The summed E-state index contributed by atoms with van der Waals surface area (Å²) in [7, 11) is 0. The van der Waals surface area contributed by atoms with Crippen molar-refractivity contribution < 1.29 is 4.74 Å². The van der Waals surface area contributed by atoms with Gasteiger partial charge >= 0.3 is 0 Å². The van der Waals surface area contributed by atoms with E-state index in [4.69, 9.17) is 4.74 Å². The topological polar surface area (TPSA) is 63.7 Å². The lowest BCUT2D eigenvalue weighted by Gasteiger charge is -2.06. The number of para-hydroxylation sites is 1. The molecule has 0 radical (unpaired) electrons. The number of ether oxygens (including phenoxy) is 1. The first-order valence-electron chi connectivity index (χ1n) is 4.37. The zero-order chi connectivity index (χ0) is 9.80. The van der Waals surface area contributed by atoms with E-state index in [0.717, 1.165) is 11.3 Å². The van der Waals surface area contributed by atoms with E-state index in [-0.39, 0.29) is 0 Å². The molecular formula is C9H10N4O. The van der Waals surface area contributed by atoms with Crippen molar-refractivity contribution in [3.63, 3.8) is 0 Å². The Morgan fingerprint density at radius 1 is 1.36 bits per heavy atom. The van der Waals surface area contributed by atoms with Gasteiger partial charge in [-0.15, -0.1) is 5.10 Å². The number of hydrogen-bond donors (Lipinski definition) is 1. The summed E-state index contributed by atoms with van der Waals surface area (Å²) in [5, 5.41) is 13.6. The minimum atomic E-state index is 0.619. The van der Waals surface area contributed by atoms with E-state index in [9.17, 15) is 0 Å². The molecule has 1 heterocycles. The predicted octanol–water partition coefficient (Wildman–Crippen LogP) is 1.27. The molecule has 72 valence electrons. The van der Waals surface area contributed by atoms with Crippen molar-refractivity contribution in [3.05, 3.63) is 24.3 Å². The standard InChI is InChI=1S/C9H10N4O/c1-2-14-8-6-4-3-5-7(8)9-10-12-13-11-9/h3-6H,2H2,1H3,(H,10,11,12,13). The second-order valence-corrected chi connectivity index (χ2v) is 2.68. The van der Waals surface area contributed by atoms with E-state index in [1.807, 2.05) is 31.2 Å². The fraction of sp³-hybridized carbons (Fsp3) is 0.222. The molecule has 0 amide bonds. The molecule has 0 bridgehead atoms. The van der Waals surface area contributed by atoms with Crippen LogP contribution in [-0.4, -0.2) is 27.2 Å². The molecule has 1 N–H and O–H groups in total. The van der Waals surface area contributed by atoms with Crippen molar-refractivity contribution in [2.75, 3.05) is 6.61 Å². The molecule has 0 saturated heterocycles. The lowest BCUT2D eigenvalue weighted by Crippen LogP contribution is -1.94. The van der Waals surface area contributed by atoms with Gasteiger partial charge in [-0.05, 0) is 29.5 Å². The Morgan fingerprint density at radius 2 is 2.21 bits per heavy atom. The minimum Gasteiger partial charge on any atom is -0.493 e. The van der Waals surface area contributed by atoms with Gasteiger partial charge < -0.3 is 4.74 Å². The van der Waals surface area contributed by atoms with E-state index >= 15 is 0 Å². The lowest BCUT2D eigenvalue weighted by atomic mass is 10.2. The van der Waals surface area contributed by atoms with E-state index in [2.05, 4.69) is 20.6 Å². The summed E-state index contributed by atoms with van der Waals surface area (Å²) in [6.45, 7) is 2.56. The summed E-state index contributed by atoms with van der Waals surface area (Å²) in [6.07, 6.45) is 0. The number of hydrogen-bond acceptors (Lipinski definition) is 4. The van der Waals surface area contributed by atoms with Crippen LogP contribution in [0.1, 0.15) is 6.92 Å². The molecule has 0 saturated carbocycles. The van der Waals surface area contributed by atoms with Crippen molar-refractivity contribution in [2.24, 2.45) is 0 Å². The molecule has 0 aliphatic carbocycles. The zero-order valence-corrected chi connectivity index (χ0v) is 7.77. The van der Waals surface area contributed by atoms with Gasteiger partial charge in [0.25, 0.3) is 0 Å². The van der Waals surface area contributed by atoms with Crippen molar-refractivity contribution in [1.82, 2.24) is 20.6 Å². The van der Waals surface area contributed by atoms with Gasteiger partial charge in [-0.2, -0.15) is 0 Å². The number of nitrogens with one attached hydrogen (secondary N) is 1.